The average Bonchev–Trinajstić information content (AvgIpc) is 3.87. The number of anilines is 4. The lowest BCUT2D eigenvalue weighted by atomic mass is 10.2. The summed E-state index contributed by atoms with van der Waals surface area (Å²) in [5, 5.41) is 5.43. The van der Waals surface area contributed by atoms with Gasteiger partial charge in [-0.25, -0.2) is 4.98 Å². The molecule has 4 aromatic heterocycles. The molecule has 208 valence electrons. The second-order valence-corrected chi connectivity index (χ2v) is 11.1. The minimum atomic E-state index is 0.317. The molecule has 1 N–H and O–H groups in total. The topological polar surface area (TPSA) is 87.2 Å². The highest BCUT2D eigenvalue weighted by Gasteiger charge is 2.31. The third-order valence-electron chi connectivity index (χ3n) is 7.09. The van der Waals surface area contributed by atoms with Crippen molar-refractivity contribution in [2.45, 2.75) is 0 Å². The van der Waals surface area contributed by atoms with Crippen molar-refractivity contribution in [1.29, 1.82) is 0 Å². The van der Waals surface area contributed by atoms with Crippen molar-refractivity contribution in [3.8, 4) is 22.6 Å². The maximum atomic E-state index is 6.48. The third kappa shape index (κ3) is 4.61. The first kappa shape index (κ1) is 25.3. The van der Waals surface area contributed by atoms with E-state index >= 15 is 0 Å². The summed E-state index contributed by atoms with van der Waals surface area (Å²) in [5.74, 6) is 1.22. The van der Waals surface area contributed by atoms with E-state index in [1.165, 1.54) is 0 Å². The van der Waals surface area contributed by atoms with E-state index in [1.807, 2.05) is 107 Å². The predicted octanol–water partition coefficient (Wildman–Crippen LogP) is 9.63. The van der Waals surface area contributed by atoms with Crippen molar-refractivity contribution in [3.63, 3.8) is 0 Å². The molecule has 8 nitrogen and oxygen atoms in total. The summed E-state index contributed by atoms with van der Waals surface area (Å²) in [5.41, 5.74) is 6.97. The van der Waals surface area contributed by atoms with Crippen molar-refractivity contribution < 1.29 is 8.83 Å². The molecule has 0 bridgehead atoms. The lowest BCUT2D eigenvalue weighted by Crippen LogP contribution is -2.36. The van der Waals surface area contributed by atoms with Gasteiger partial charge in [-0.05, 0) is 54.6 Å². The number of fused-ring (bicyclic) bond motifs is 2. The highest BCUT2D eigenvalue weighted by molar-refractivity contribution is 7.16. The number of aromatic amines is 1. The molecule has 0 amide bonds. The Morgan fingerprint density at radius 1 is 0.698 bits per heavy atom. The number of rotatable bonds is 7. The number of halogens is 1. The molecular weight excluding hydrogens is 580 g/mol. The van der Waals surface area contributed by atoms with Crippen LogP contribution in [0.4, 0.5) is 23.4 Å². The summed E-state index contributed by atoms with van der Waals surface area (Å²) in [7, 11) is 0. The van der Waals surface area contributed by atoms with Crippen LogP contribution in [-0.2, 0) is 0 Å². The quantitative estimate of drug-likeness (QED) is 0.182. The Morgan fingerprint density at radius 2 is 1.44 bits per heavy atom. The number of benzene rings is 4. The van der Waals surface area contributed by atoms with E-state index in [2.05, 4.69) is 22.1 Å². The van der Waals surface area contributed by atoms with Gasteiger partial charge in [-0.2, -0.15) is 20.0 Å². The van der Waals surface area contributed by atoms with Gasteiger partial charge in [-0.1, -0.05) is 54.1 Å². The summed E-state index contributed by atoms with van der Waals surface area (Å²) >= 11 is 7.71. The van der Waals surface area contributed by atoms with Crippen LogP contribution in [0.2, 0.25) is 5.02 Å². The molecule has 0 aliphatic heterocycles. The number of thiazole rings is 1. The molecule has 4 aromatic carbocycles. The number of hydrogen-bond acceptors (Lipinski definition) is 8. The molecule has 0 unspecified atom stereocenters. The van der Waals surface area contributed by atoms with Crippen molar-refractivity contribution >= 4 is 67.5 Å². The van der Waals surface area contributed by atoms with Gasteiger partial charge in [0.05, 0.1) is 45.0 Å². The highest BCUT2D eigenvalue weighted by Crippen LogP contribution is 2.41. The number of oxazole rings is 2. The van der Waals surface area contributed by atoms with E-state index in [4.69, 9.17) is 30.4 Å². The van der Waals surface area contributed by atoms with Crippen LogP contribution in [0.25, 0.3) is 43.8 Å². The van der Waals surface area contributed by atoms with Gasteiger partial charge in [0.1, 0.15) is 0 Å². The van der Waals surface area contributed by atoms with Crippen LogP contribution >= 0.6 is 22.9 Å². The van der Waals surface area contributed by atoms with Crippen LogP contribution in [0.15, 0.2) is 130 Å². The normalized spacial score (nSPS) is 11.4. The van der Waals surface area contributed by atoms with Gasteiger partial charge in [-0.3, -0.25) is 0 Å². The van der Waals surface area contributed by atoms with Crippen molar-refractivity contribution in [1.82, 2.24) is 19.9 Å². The Hall–Kier alpha value is -5.38. The molecule has 8 aromatic rings. The summed E-state index contributed by atoms with van der Waals surface area (Å²) in [6.07, 6.45) is 5.34. The predicted molar refractivity (Wildman–Crippen MR) is 171 cm³/mol. The Labute approximate surface area is 254 Å². The van der Waals surface area contributed by atoms with Crippen LogP contribution in [-0.4, -0.2) is 19.9 Å². The smallest absolute Gasteiger partial charge is 0.322 e. The molecule has 43 heavy (non-hydrogen) atoms. The summed E-state index contributed by atoms with van der Waals surface area (Å²) in [6, 6.07) is 32.1. The number of nitrogens with one attached hydrogen (secondary N) is 1. The fraction of sp³-hybridized carbons (Fsp3) is 0. The van der Waals surface area contributed by atoms with Crippen LogP contribution in [0, 0.1) is 0 Å². The number of hydrogen-bond donors (Lipinski definition) is 1. The summed E-state index contributed by atoms with van der Waals surface area (Å²) < 4.78 is 14.0. The molecule has 0 atom stereocenters. The van der Waals surface area contributed by atoms with E-state index in [-0.39, 0.29) is 0 Å². The zero-order valence-corrected chi connectivity index (χ0v) is 24.0. The minimum Gasteiger partial charge on any atom is -0.422 e. The Kier molecular flexibility index (Phi) is 6.17. The van der Waals surface area contributed by atoms with Crippen LogP contribution in [0.1, 0.15) is 0 Å². The van der Waals surface area contributed by atoms with E-state index < -0.39 is 0 Å². The highest BCUT2D eigenvalue weighted by atomic mass is 35.5. The monoisotopic (exact) mass is 600 g/mol. The van der Waals surface area contributed by atoms with E-state index in [1.54, 1.807) is 23.7 Å². The Bertz CT molecular complexity index is 2180. The molecule has 0 aliphatic carbocycles. The molecule has 0 saturated carbocycles. The molecule has 0 spiro atoms. The minimum absolute atomic E-state index is 0.317. The van der Waals surface area contributed by atoms with Gasteiger partial charge in [-0.15, -0.1) is 11.3 Å². The fourth-order valence-corrected chi connectivity index (χ4v) is 5.87. The molecule has 10 heteroatoms. The van der Waals surface area contributed by atoms with E-state index in [0.717, 1.165) is 43.6 Å². The first-order valence-electron chi connectivity index (χ1n) is 13.4. The summed E-state index contributed by atoms with van der Waals surface area (Å²) in [6.45, 7) is 0. The van der Waals surface area contributed by atoms with Gasteiger partial charge in [0.15, 0.2) is 11.5 Å². The second kappa shape index (κ2) is 10.5. The lowest BCUT2D eigenvalue weighted by Gasteiger charge is -2.32. The largest absolute Gasteiger partial charge is 0.422 e. The molecule has 0 saturated heterocycles. The summed E-state index contributed by atoms with van der Waals surface area (Å²) in [4.78, 5) is 17.4. The Morgan fingerprint density at radius 3 is 2.23 bits per heavy atom. The van der Waals surface area contributed by atoms with Crippen molar-refractivity contribution in [2.75, 3.05) is 10.0 Å². The van der Waals surface area contributed by atoms with Crippen molar-refractivity contribution in [3.05, 3.63) is 126 Å². The SMILES string of the molecule is Clc1ccc(-c2cnc(N(c3ccc4ncsc4c3)N(c3ncc(-c4ccccc4)o3)c3cccc4cc[nH]c34)o2)cc1. The zero-order valence-electron chi connectivity index (χ0n) is 22.4. The standard InChI is InChI=1S/C33H21ClN6O2S/c34-24-11-9-22(10-12-24)29-19-36-32(41-29)39(25-13-14-26-30(17-25)43-20-38-26)40(27-8-4-7-23-15-16-35-31(23)27)33-37-18-28(42-33)21-5-2-1-3-6-21/h1-20,35H. The van der Waals surface area contributed by atoms with Crippen LogP contribution < -0.4 is 10.0 Å². The van der Waals surface area contributed by atoms with Gasteiger partial charge in [0.2, 0.25) is 0 Å². The fourth-order valence-electron chi connectivity index (χ4n) is 5.04. The average molecular weight is 601 g/mol. The third-order valence-corrected chi connectivity index (χ3v) is 8.13. The van der Waals surface area contributed by atoms with Crippen molar-refractivity contribution in [2.24, 2.45) is 0 Å². The first-order valence-corrected chi connectivity index (χ1v) is 14.7. The number of nitrogens with zero attached hydrogens (tertiary/aromatic N) is 5. The number of para-hydroxylation sites is 1. The molecule has 0 radical (unpaired) electrons. The number of H-pyrrole nitrogens is 1. The molecule has 4 heterocycles. The van der Waals surface area contributed by atoms with Crippen LogP contribution in [0.5, 0.6) is 0 Å². The molecule has 0 aliphatic rings. The second-order valence-electron chi connectivity index (χ2n) is 9.73. The first-order chi connectivity index (χ1) is 21.2. The molecular formula is C33H21ClN6O2S. The molecule has 8 rings (SSSR count). The zero-order chi connectivity index (χ0) is 28.8. The van der Waals surface area contributed by atoms with Gasteiger partial charge in [0.25, 0.3) is 0 Å². The maximum absolute atomic E-state index is 6.48. The maximum Gasteiger partial charge on any atom is 0.322 e. The van der Waals surface area contributed by atoms with Gasteiger partial charge in [0, 0.05) is 27.7 Å². The van der Waals surface area contributed by atoms with Crippen LogP contribution in [0.3, 0.4) is 0 Å². The molecule has 0 fully saturated rings. The van der Waals surface area contributed by atoms with Gasteiger partial charge < -0.3 is 13.8 Å². The van der Waals surface area contributed by atoms with E-state index in [0.29, 0.717) is 28.6 Å². The van der Waals surface area contributed by atoms with E-state index in [9.17, 15) is 0 Å². The Balaban J connectivity index is 1.36. The lowest BCUT2D eigenvalue weighted by molar-refractivity contribution is 0.537. The van der Waals surface area contributed by atoms with Gasteiger partial charge >= 0.3 is 12.0 Å². The number of hydrazine groups is 1. The number of aromatic nitrogens is 4.